The maximum Gasteiger partial charge on any atom is 0.259 e. The number of amides is 2. The van der Waals surface area contributed by atoms with Crippen LogP contribution in [0, 0.1) is 0 Å². The van der Waals surface area contributed by atoms with Gasteiger partial charge in [0.2, 0.25) is 15.9 Å². The molecule has 0 aromatic heterocycles. The second-order valence-corrected chi connectivity index (χ2v) is 10.2. The number of rotatable bonds is 8. The van der Waals surface area contributed by atoms with Gasteiger partial charge >= 0.3 is 0 Å². The molecule has 2 aliphatic rings. The second kappa shape index (κ2) is 10.2. The normalized spacial score (nSPS) is 16.3. The fourth-order valence-electron chi connectivity index (χ4n) is 4.39. The Morgan fingerprint density at radius 2 is 1.74 bits per heavy atom. The molecule has 0 unspecified atom stereocenters. The molecule has 2 aromatic rings. The van der Waals surface area contributed by atoms with E-state index in [1.807, 2.05) is 24.8 Å². The molecule has 1 fully saturated rings. The van der Waals surface area contributed by atoms with Gasteiger partial charge in [-0.05, 0) is 38.1 Å². The Balaban J connectivity index is 1.61. The zero-order chi connectivity index (χ0) is 25.2. The molecule has 0 aliphatic carbocycles. The Hall–Kier alpha value is -3.21. The van der Waals surface area contributed by atoms with Crippen LogP contribution in [0.2, 0.25) is 0 Å². The van der Waals surface area contributed by atoms with Crippen molar-refractivity contribution in [3.8, 4) is 0 Å². The molecule has 4 rings (SSSR count). The Kier molecular flexibility index (Phi) is 7.25. The summed E-state index contributed by atoms with van der Waals surface area (Å²) in [5.41, 5.74) is 2.76. The minimum Gasteiger partial charge on any atom is -0.379 e. The first-order valence-corrected chi connectivity index (χ1v) is 13.1. The summed E-state index contributed by atoms with van der Waals surface area (Å²) in [7, 11) is -3.75. The van der Waals surface area contributed by atoms with Gasteiger partial charge in [-0.2, -0.15) is 4.31 Å². The standard InChI is InChI=1S/C25H30N4O5S/c1-4-27(5-2)23-11-10-19(35(32,33)28-12-14-34-15-13-28)16-22(23)26-24(30)17-29-18(3)20-8-6-7-9-21(20)25(29)31/h6-11,16H,3-5,12-15,17H2,1-2H3,(H,26,30). The third kappa shape index (κ3) is 4.82. The molecule has 2 heterocycles. The summed E-state index contributed by atoms with van der Waals surface area (Å²) in [6.45, 7) is 10.3. The smallest absolute Gasteiger partial charge is 0.259 e. The van der Waals surface area contributed by atoms with Crippen molar-refractivity contribution in [1.29, 1.82) is 0 Å². The van der Waals surface area contributed by atoms with Crippen LogP contribution >= 0.6 is 0 Å². The molecule has 2 aliphatic heterocycles. The van der Waals surface area contributed by atoms with E-state index in [-0.39, 0.29) is 30.4 Å². The number of ether oxygens (including phenoxy) is 1. The molecule has 2 aromatic carbocycles. The fourth-order valence-corrected chi connectivity index (χ4v) is 5.82. The number of hydrogen-bond acceptors (Lipinski definition) is 6. The van der Waals surface area contributed by atoms with Crippen molar-refractivity contribution in [3.05, 3.63) is 60.2 Å². The topological polar surface area (TPSA) is 99.3 Å². The van der Waals surface area contributed by atoms with Gasteiger partial charge in [0.05, 0.1) is 29.5 Å². The molecule has 0 bridgehead atoms. The van der Waals surface area contributed by atoms with Crippen LogP contribution in [0.25, 0.3) is 5.70 Å². The van der Waals surface area contributed by atoms with Crippen LogP contribution < -0.4 is 10.2 Å². The van der Waals surface area contributed by atoms with Crippen molar-refractivity contribution in [2.45, 2.75) is 18.7 Å². The number of benzene rings is 2. The number of nitrogens with one attached hydrogen (secondary N) is 1. The first-order valence-electron chi connectivity index (χ1n) is 11.6. The van der Waals surface area contributed by atoms with Crippen molar-refractivity contribution in [1.82, 2.24) is 9.21 Å². The van der Waals surface area contributed by atoms with Gasteiger partial charge in [-0.1, -0.05) is 24.8 Å². The summed E-state index contributed by atoms with van der Waals surface area (Å²) in [5.74, 6) is -0.727. The summed E-state index contributed by atoms with van der Waals surface area (Å²) in [5, 5.41) is 2.85. The zero-order valence-corrected chi connectivity index (χ0v) is 20.8. The van der Waals surface area contributed by atoms with Gasteiger partial charge < -0.3 is 15.0 Å². The van der Waals surface area contributed by atoms with E-state index in [2.05, 4.69) is 11.9 Å². The van der Waals surface area contributed by atoms with E-state index >= 15 is 0 Å². The van der Waals surface area contributed by atoms with Crippen LogP contribution in [0.4, 0.5) is 11.4 Å². The van der Waals surface area contributed by atoms with E-state index in [0.29, 0.717) is 54.5 Å². The third-order valence-corrected chi connectivity index (χ3v) is 8.19. The van der Waals surface area contributed by atoms with E-state index in [9.17, 15) is 18.0 Å². The van der Waals surface area contributed by atoms with E-state index in [0.717, 1.165) is 0 Å². The van der Waals surface area contributed by atoms with Crippen molar-refractivity contribution >= 4 is 38.9 Å². The molecule has 0 spiro atoms. The summed E-state index contributed by atoms with van der Waals surface area (Å²) < 4.78 is 33.1. The maximum atomic E-state index is 13.2. The van der Waals surface area contributed by atoms with E-state index in [1.165, 1.54) is 15.3 Å². The highest BCUT2D eigenvalue weighted by Crippen LogP contribution is 2.33. The van der Waals surface area contributed by atoms with Crippen LogP contribution in [0.1, 0.15) is 29.8 Å². The quantitative estimate of drug-likeness (QED) is 0.601. The largest absolute Gasteiger partial charge is 0.379 e. The van der Waals surface area contributed by atoms with E-state index in [1.54, 1.807) is 30.3 Å². The monoisotopic (exact) mass is 498 g/mol. The van der Waals surface area contributed by atoms with Crippen LogP contribution in [0.15, 0.2) is 53.9 Å². The summed E-state index contributed by atoms with van der Waals surface area (Å²) >= 11 is 0. The molecule has 1 N–H and O–H groups in total. The predicted molar refractivity (Wildman–Crippen MR) is 135 cm³/mol. The van der Waals surface area contributed by atoms with Gasteiger partial charge in [-0.3, -0.25) is 14.5 Å². The molecule has 1 saturated heterocycles. The predicted octanol–water partition coefficient (Wildman–Crippen LogP) is 2.62. The van der Waals surface area contributed by atoms with Gasteiger partial charge in [0.1, 0.15) is 6.54 Å². The number of nitrogens with zero attached hydrogens (tertiary/aromatic N) is 3. The van der Waals surface area contributed by atoms with Gasteiger partial charge in [0.15, 0.2) is 0 Å². The van der Waals surface area contributed by atoms with Crippen LogP contribution in [0.3, 0.4) is 0 Å². The van der Waals surface area contributed by atoms with Crippen molar-refractivity contribution in [3.63, 3.8) is 0 Å². The summed E-state index contributed by atoms with van der Waals surface area (Å²) in [6, 6.07) is 11.9. The van der Waals surface area contributed by atoms with Crippen LogP contribution in [-0.4, -0.2) is 75.4 Å². The number of morpholine rings is 1. The van der Waals surface area contributed by atoms with E-state index < -0.39 is 15.9 Å². The fraction of sp³-hybridized carbons (Fsp3) is 0.360. The molecular formula is C25H30N4O5S. The minimum absolute atomic E-state index is 0.0969. The number of carbonyl (C=O) groups excluding carboxylic acids is 2. The highest BCUT2D eigenvalue weighted by molar-refractivity contribution is 7.89. The average molecular weight is 499 g/mol. The average Bonchev–Trinajstić information content (AvgIpc) is 3.11. The SMILES string of the molecule is C=C1c2ccccc2C(=O)N1CC(=O)Nc1cc(S(=O)(=O)N2CCOCC2)ccc1N(CC)CC. The number of hydrogen-bond donors (Lipinski definition) is 1. The molecule has 0 saturated carbocycles. The van der Waals surface area contributed by atoms with Crippen molar-refractivity contribution in [2.75, 3.05) is 56.2 Å². The molecule has 10 heteroatoms. The van der Waals surface area contributed by atoms with Crippen LogP contribution in [-0.2, 0) is 19.6 Å². The summed E-state index contributed by atoms with van der Waals surface area (Å²) in [6.07, 6.45) is 0. The number of sulfonamides is 1. The molecular weight excluding hydrogens is 468 g/mol. The Bertz CT molecular complexity index is 1220. The maximum absolute atomic E-state index is 13.2. The van der Waals surface area contributed by atoms with Gasteiger partial charge in [-0.25, -0.2) is 8.42 Å². The lowest BCUT2D eigenvalue weighted by Gasteiger charge is -2.28. The molecule has 0 radical (unpaired) electrons. The molecule has 0 atom stereocenters. The highest BCUT2D eigenvalue weighted by Gasteiger charge is 2.32. The third-order valence-electron chi connectivity index (χ3n) is 6.30. The van der Waals surface area contributed by atoms with Crippen molar-refractivity contribution < 1.29 is 22.7 Å². The first-order chi connectivity index (χ1) is 16.8. The Morgan fingerprint density at radius 3 is 2.37 bits per heavy atom. The number of carbonyl (C=O) groups is 2. The second-order valence-electron chi connectivity index (χ2n) is 8.30. The lowest BCUT2D eigenvalue weighted by molar-refractivity contribution is -0.116. The number of fused-ring (bicyclic) bond motifs is 1. The van der Waals surface area contributed by atoms with Gasteiger partial charge in [0, 0.05) is 43.0 Å². The Labute approximate surface area is 206 Å². The minimum atomic E-state index is -3.75. The molecule has 2 amide bonds. The van der Waals surface area contributed by atoms with E-state index in [4.69, 9.17) is 4.74 Å². The lowest BCUT2D eigenvalue weighted by Crippen LogP contribution is -2.40. The van der Waals surface area contributed by atoms with Crippen LogP contribution in [0.5, 0.6) is 0 Å². The van der Waals surface area contributed by atoms with Gasteiger partial charge in [0.25, 0.3) is 5.91 Å². The molecule has 9 nitrogen and oxygen atoms in total. The summed E-state index contributed by atoms with van der Waals surface area (Å²) in [4.78, 5) is 29.3. The molecule has 35 heavy (non-hydrogen) atoms. The van der Waals surface area contributed by atoms with Crippen molar-refractivity contribution in [2.24, 2.45) is 0 Å². The van der Waals surface area contributed by atoms with Gasteiger partial charge in [-0.15, -0.1) is 0 Å². The highest BCUT2D eigenvalue weighted by atomic mass is 32.2. The Morgan fingerprint density at radius 1 is 1.09 bits per heavy atom. The lowest BCUT2D eigenvalue weighted by atomic mass is 10.1. The first kappa shape index (κ1) is 24.9. The molecule has 186 valence electrons. The number of anilines is 2. The zero-order valence-electron chi connectivity index (χ0n) is 20.0.